The van der Waals surface area contributed by atoms with E-state index in [0.29, 0.717) is 12.1 Å². The molecule has 0 N–H and O–H groups in total. The van der Waals surface area contributed by atoms with E-state index in [-0.39, 0.29) is 6.07 Å². The Labute approximate surface area is 102 Å². The van der Waals surface area contributed by atoms with Crippen LogP contribution >= 0.6 is 0 Å². The number of carbonyl (C=O) groups excluding carboxylic acids is 1. The first-order chi connectivity index (χ1) is 8.57. The van der Waals surface area contributed by atoms with Crippen molar-refractivity contribution in [3.8, 4) is 5.75 Å². The third kappa shape index (κ3) is 3.52. The SMILES string of the molecule is COC(=O)Oc1cccc(C(F)(F)F)c1C(F)(F)F. The number of hydrogen-bond donors (Lipinski definition) is 0. The fraction of sp³-hybridized carbons (Fsp3) is 0.300. The Morgan fingerprint density at radius 1 is 1.05 bits per heavy atom. The van der Waals surface area contributed by atoms with Gasteiger partial charge in [0.1, 0.15) is 11.3 Å². The summed E-state index contributed by atoms with van der Waals surface area (Å²) >= 11 is 0. The lowest BCUT2D eigenvalue weighted by Crippen LogP contribution is -2.19. The number of ether oxygens (including phenoxy) is 2. The molecule has 0 aliphatic carbocycles. The zero-order valence-corrected chi connectivity index (χ0v) is 9.22. The normalized spacial score (nSPS) is 12.2. The molecular weight excluding hydrogens is 282 g/mol. The summed E-state index contributed by atoms with van der Waals surface area (Å²) in [6.45, 7) is 0. The summed E-state index contributed by atoms with van der Waals surface area (Å²) in [4.78, 5) is 10.7. The van der Waals surface area contributed by atoms with Crippen LogP contribution in [0.4, 0.5) is 31.1 Å². The molecule has 0 atom stereocenters. The van der Waals surface area contributed by atoms with Crippen LogP contribution in [-0.2, 0) is 17.1 Å². The summed E-state index contributed by atoms with van der Waals surface area (Å²) in [6.07, 6.45) is -12.1. The molecule has 19 heavy (non-hydrogen) atoms. The Morgan fingerprint density at radius 2 is 1.63 bits per heavy atom. The molecule has 0 aliphatic rings. The van der Waals surface area contributed by atoms with Crippen molar-refractivity contribution in [1.29, 1.82) is 0 Å². The van der Waals surface area contributed by atoms with Gasteiger partial charge in [-0.05, 0) is 12.1 Å². The van der Waals surface area contributed by atoms with E-state index in [0.717, 1.165) is 7.11 Å². The molecule has 0 fully saturated rings. The van der Waals surface area contributed by atoms with Gasteiger partial charge in [0.2, 0.25) is 0 Å². The lowest BCUT2D eigenvalue weighted by molar-refractivity contribution is -0.162. The van der Waals surface area contributed by atoms with Gasteiger partial charge in [0.05, 0.1) is 12.7 Å². The molecule has 1 rings (SSSR count). The topological polar surface area (TPSA) is 35.5 Å². The van der Waals surface area contributed by atoms with Gasteiger partial charge in [0, 0.05) is 0 Å². The molecule has 0 spiro atoms. The van der Waals surface area contributed by atoms with E-state index in [2.05, 4.69) is 9.47 Å². The maximum absolute atomic E-state index is 12.7. The van der Waals surface area contributed by atoms with E-state index in [1.807, 2.05) is 0 Å². The number of carbonyl (C=O) groups is 1. The Hall–Kier alpha value is -1.93. The van der Waals surface area contributed by atoms with Gasteiger partial charge < -0.3 is 9.47 Å². The van der Waals surface area contributed by atoms with Crippen LogP contribution in [0.2, 0.25) is 0 Å². The second-order valence-electron chi connectivity index (χ2n) is 3.23. The van der Waals surface area contributed by atoms with E-state index in [1.54, 1.807) is 0 Å². The minimum Gasteiger partial charge on any atom is -0.437 e. The quantitative estimate of drug-likeness (QED) is 0.447. The molecule has 106 valence electrons. The van der Waals surface area contributed by atoms with Crippen molar-refractivity contribution >= 4 is 6.16 Å². The molecular formula is C10H6F6O3. The highest BCUT2D eigenvalue weighted by molar-refractivity contribution is 5.65. The van der Waals surface area contributed by atoms with Crippen LogP contribution in [0.25, 0.3) is 0 Å². The standard InChI is InChI=1S/C10H6F6O3/c1-18-8(17)19-6-4-2-3-5(9(11,12)13)7(6)10(14,15)16/h2-4H,1H3. The van der Waals surface area contributed by atoms with E-state index in [4.69, 9.17) is 0 Å². The monoisotopic (exact) mass is 288 g/mol. The minimum absolute atomic E-state index is 0.243. The molecule has 3 nitrogen and oxygen atoms in total. The van der Waals surface area contributed by atoms with Crippen LogP contribution in [0.3, 0.4) is 0 Å². The average molecular weight is 288 g/mol. The zero-order chi connectivity index (χ0) is 14.8. The van der Waals surface area contributed by atoms with Gasteiger partial charge in [-0.25, -0.2) is 4.79 Å². The molecule has 1 aromatic carbocycles. The highest BCUT2D eigenvalue weighted by Gasteiger charge is 2.45. The van der Waals surface area contributed by atoms with Gasteiger partial charge in [0.15, 0.2) is 0 Å². The molecule has 0 bridgehead atoms. The minimum atomic E-state index is -5.34. The highest BCUT2D eigenvalue weighted by atomic mass is 19.4. The van der Waals surface area contributed by atoms with Crippen LogP contribution in [0.1, 0.15) is 11.1 Å². The lowest BCUT2D eigenvalue weighted by Gasteiger charge is -2.18. The van der Waals surface area contributed by atoms with Gasteiger partial charge in [-0.3, -0.25) is 0 Å². The number of benzene rings is 1. The van der Waals surface area contributed by atoms with E-state index in [1.165, 1.54) is 0 Å². The predicted octanol–water partition coefficient (Wildman–Crippen LogP) is 3.87. The summed E-state index contributed by atoms with van der Waals surface area (Å²) in [5.41, 5.74) is -4.02. The van der Waals surface area contributed by atoms with Crippen LogP contribution in [-0.4, -0.2) is 13.3 Å². The van der Waals surface area contributed by atoms with Crippen LogP contribution in [0.5, 0.6) is 5.75 Å². The fourth-order valence-corrected chi connectivity index (χ4v) is 1.28. The summed E-state index contributed by atoms with van der Waals surface area (Å²) in [5.74, 6) is -1.27. The van der Waals surface area contributed by atoms with Crippen molar-refractivity contribution in [2.24, 2.45) is 0 Å². The highest BCUT2D eigenvalue weighted by Crippen LogP contribution is 2.44. The Morgan fingerprint density at radius 3 is 2.05 bits per heavy atom. The molecule has 0 aliphatic heterocycles. The first-order valence-electron chi connectivity index (χ1n) is 4.60. The van der Waals surface area contributed by atoms with Crippen molar-refractivity contribution in [3.63, 3.8) is 0 Å². The third-order valence-electron chi connectivity index (χ3n) is 1.98. The number of methoxy groups -OCH3 is 1. The first-order valence-corrected chi connectivity index (χ1v) is 4.60. The fourth-order valence-electron chi connectivity index (χ4n) is 1.28. The molecule has 0 saturated carbocycles. The predicted molar refractivity (Wildman–Crippen MR) is 49.5 cm³/mol. The van der Waals surface area contributed by atoms with Crippen molar-refractivity contribution in [1.82, 2.24) is 0 Å². The number of hydrogen-bond acceptors (Lipinski definition) is 3. The second kappa shape index (κ2) is 4.98. The first kappa shape index (κ1) is 15.1. The maximum atomic E-state index is 12.7. The summed E-state index contributed by atoms with van der Waals surface area (Å²) in [5, 5.41) is 0. The molecule has 0 aromatic heterocycles. The molecule has 0 saturated heterocycles. The largest absolute Gasteiger partial charge is 0.513 e. The Bertz CT molecular complexity index is 477. The van der Waals surface area contributed by atoms with Crippen LogP contribution in [0, 0.1) is 0 Å². The summed E-state index contributed by atoms with van der Waals surface area (Å²) in [7, 11) is 0.809. The average Bonchev–Trinajstić information content (AvgIpc) is 2.25. The van der Waals surface area contributed by atoms with E-state index in [9.17, 15) is 31.1 Å². The number of alkyl halides is 6. The van der Waals surface area contributed by atoms with E-state index >= 15 is 0 Å². The van der Waals surface area contributed by atoms with E-state index < -0.39 is 35.4 Å². The van der Waals surface area contributed by atoms with Gasteiger partial charge in [0.25, 0.3) is 0 Å². The van der Waals surface area contributed by atoms with Crippen molar-refractivity contribution in [2.45, 2.75) is 12.4 Å². The zero-order valence-electron chi connectivity index (χ0n) is 9.22. The van der Waals surface area contributed by atoms with Gasteiger partial charge in [-0.2, -0.15) is 26.3 Å². The molecule has 0 unspecified atom stereocenters. The molecule has 0 radical (unpaired) electrons. The Kier molecular flexibility index (Phi) is 3.97. The summed E-state index contributed by atoms with van der Waals surface area (Å²) < 4.78 is 83.5. The molecule has 9 heteroatoms. The van der Waals surface area contributed by atoms with Crippen molar-refractivity contribution in [3.05, 3.63) is 29.3 Å². The maximum Gasteiger partial charge on any atom is 0.513 e. The second-order valence-corrected chi connectivity index (χ2v) is 3.23. The molecule has 0 amide bonds. The molecule has 1 aromatic rings. The summed E-state index contributed by atoms with van der Waals surface area (Å²) in [6, 6.07) is 1.53. The van der Waals surface area contributed by atoms with Gasteiger partial charge >= 0.3 is 18.5 Å². The smallest absolute Gasteiger partial charge is 0.437 e. The Balaban J connectivity index is 3.44. The third-order valence-corrected chi connectivity index (χ3v) is 1.98. The van der Waals surface area contributed by atoms with Crippen LogP contribution < -0.4 is 4.74 Å². The number of halogens is 6. The van der Waals surface area contributed by atoms with Crippen molar-refractivity contribution in [2.75, 3.05) is 7.11 Å². The van der Waals surface area contributed by atoms with Gasteiger partial charge in [-0.1, -0.05) is 6.07 Å². The molecule has 0 heterocycles. The number of rotatable bonds is 1. The van der Waals surface area contributed by atoms with Crippen LogP contribution in [0.15, 0.2) is 18.2 Å². The lowest BCUT2D eigenvalue weighted by atomic mass is 10.1. The van der Waals surface area contributed by atoms with Crippen molar-refractivity contribution < 1.29 is 40.6 Å². The van der Waals surface area contributed by atoms with Gasteiger partial charge in [-0.15, -0.1) is 0 Å².